The van der Waals surface area contributed by atoms with Crippen molar-refractivity contribution in [2.75, 3.05) is 20.2 Å². The van der Waals surface area contributed by atoms with E-state index in [0.717, 1.165) is 24.9 Å². The highest BCUT2D eigenvalue weighted by Crippen LogP contribution is 2.25. The minimum atomic E-state index is -0.853. The summed E-state index contributed by atoms with van der Waals surface area (Å²) in [7, 11) is 1.40. The largest absolute Gasteiger partial charge is 0.468 e. The summed E-state index contributed by atoms with van der Waals surface area (Å²) in [5.41, 5.74) is 5.19. The van der Waals surface area contributed by atoms with E-state index in [1.165, 1.54) is 45.8 Å². The topological polar surface area (TPSA) is 55.6 Å². The molecule has 1 saturated carbocycles. The molecule has 0 saturated heterocycles. The molecule has 21 heavy (non-hydrogen) atoms. The van der Waals surface area contributed by atoms with Gasteiger partial charge in [0.25, 0.3) is 0 Å². The van der Waals surface area contributed by atoms with Crippen molar-refractivity contribution in [3.8, 4) is 0 Å². The maximum Gasteiger partial charge on any atom is 0.325 e. The normalized spacial score (nSPS) is 19.2. The van der Waals surface area contributed by atoms with Crippen LogP contribution in [0.1, 0.15) is 65.7 Å². The molecule has 0 aromatic heterocycles. The van der Waals surface area contributed by atoms with Crippen molar-refractivity contribution in [1.29, 1.82) is 0 Å². The molecule has 0 aromatic carbocycles. The van der Waals surface area contributed by atoms with Crippen molar-refractivity contribution in [2.24, 2.45) is 11.7 Å². The Morgan fingerprint density at radius 2 is 1.95 bits per heavy atom. The highest BCUT2D eigenvalue weighted by Gasteiger charge is 2.29. The van der Waals surface area contributed by atoms with Gasteiger partial charge < -0.3 is 15.4 Å². The Balaban J connectivity index is 2.43. The number of nitrogens with two attached hydrogens (primary N) is 1. The Morgan fingerprint density at radius 3 is 2.48 bits per heavy atom. The zero-order valence-corrected chi connectivity index (χ0v) is 14.4. The monoisotopic (exact) mass is 298 g/mol. The third kappa shape index (κ3) is 6.35. The number of carbonyl (C=O) groups excluding carboxylic acids is 1. The lowest BCUT2D eigenvalue weighted by Crippen LogP contribution is -2.46. The molecule has 4 heteroatoms. The van der Waals surface area contributed by atoms with Crippen LogP contribution in [0.3, 0.4) is 0 Å². The summed E-state index contributed by atoms with van der Waals surface area (Å²) in [6, 6.07) is 0.742. The van der Waals surface area contributed by atoms with E-state index in [1.807, 2.05) is 0 Å². The van der Waals surface area contributed by atoms with Crippen molar-refractivity contribution < 1.29 is 9.53 Å². The molecule has 1 aliphatic rings. The molecule has 1 aliphatic carbocycles. The summed E-state index contributed by atoms with van der Waals surface area (Å²) >= 11 is 0. The molecule has 0 aliphatic heterocycles. The van der Waals surface area contributed by atoms with Crippen LogP contribution in [0.2, 0.25) is 0 Å². The molecule has 2 N–H and O–H groups in total. The number of rotatable bonds is 9. The van der Waals surface area contributed by atoms with Gasteiger partial charge in [0.05, 0.1) is 7.11 Å². The number of esters is 1. The fraction of sp³-hybridized carbons (Fsp3) is 0.941. The molecule has 4 nitrogen and oxygen atoms in total. The number of hydrogen-bond donors (Lipinski definition) is 1. The van der Waals surface area contributed by atoms with Gasteiger partial charge in [0.1, 0.15) is 5.54 Å². The first kappa shape index (κ1) is 18.4. The van der Waals surface area contributed by atoms with Crippen molar-refractivity contribution in [2.45, 2.75) is 77.3 Å². The third-order valence-electron chi connectivity index (χ3n) is 4.63. The van der Waals surface area contributed by atoms with Crippen LogP contribution in [0.5, 0.6) is 0 Å². The Labute approximate surface area is 130 Å². The predicted octanol–water partition coefficient (Wildman–Crippen LogP) is 2.95. The molecule has 0 aromatic rings. The smallest absolute Gasteiger partial charge is 0.325 e. The van der Waals surface area contributed by atoms with Gasteiger partial charge in [0.15, 0.2) is 0 Å². The lowest BCUT2D eigenvalue weighted by molar-refractivity contribution is -0.146. The summed E-state index contributed by atoms with van der Waals surface area (Å²) in [6.07, 6.45) is 8.26. The second kappa shape index (κ2) is 8.74. The number of ether oxygens (including phenoxy) is 1. The van der Waals surface area contributed by atoms with Crippen LogP contribution in [0.25, 0.3) is 0 Å². The first-order valence-electron chi connectivity index (χ1n) is 8.48. The van der Waals surface area contributed by atoms with Gasteiger partial charge in [0, 0.05) is 6.04 Å². The first-order valence-corrected chi connectivity index (χ1v) is 8.48. The van der Waals surface area contributed by atoms with Gasteiger partial charge in [-0.25, -0.2) is 0 Å². The van der Waals surface area contributed by atoms with E-state index in [2.05, 4.69) is 18.7 Å². The number of nitrogens with zero attached hydrogens (tertiary/aromatic N) is 1. The van der Waals surface area contributed by atoms with Crippen LogP contribution < -0.4 is 5.73 Å². The molecule has 0 heterocycles. The molecule has 1 rings (SSSR count). The van der Waals surface area contributed by atoms with Gasteiger partial charge in [-0.1, -0.05) is 26.7 Å². The maximum atomic E-state index is 11.6. The van der Waals surface area contributed by atoms with Crippen molar-refractivity contribution >= 4 is 5.97 Å². The molecule has 1 atom stereocenters. The van der Waals surface area contributed by atoms with Crippen LogP contribution in [0.15, 0.2) is 0 Å². The molecule has 0 bridgehead atoms. The highest BCUT2D eigenvalue weighted by molar-refractivity contribution is 5.79. The Bertz CT molecular complexity index is 310. The van der Waals surface area contributed by atoms with E-state index < -0.39 is 5.54 Å². The Hall–Kier alpha value is -0.610. The second-order valence-corrected chi connectivity index (χ2v) is 7.17. The van der Waals surface area contributed by atoms with Gasteiger partial charge in [-0.3, -0.25) is 4.79 Å². The maximum absolute atomic E-state index is 11.6. The Morgan fingerprint density at radius 1 is 1.33 bits per heavy atom. The third-order valence-corrected chi connectivity index (χ3v) is 4.63. The molecule has 0 radical (unpaired) electrons. The number of methoxy groups -OCH3 is 1. The standard InChI is InChI=1S/C17H34N2O2/c1-14(2)10-13-19(15-8-5-6-9-15)12-7-11-17(3,18)16(20)21-4/h14-15H,5-13,18H2,1-4H3. The zero-order valence-electron chi connectivity index (χ0n) is 14.4. The molecular formula is C17H34N2O2. The lowest BCUT2D eigenvalue weighted by Gasteiger charge is -2.30. The first-order chi connectivity index (χ1) is 9.86. The van der Waals surface area contributed by atoms with Gasteiger partial charge in [-0.05, 0) is 58.0 Å². The molecule has 124 valence electrons. The quantitative estimate of drug-likeness (QED) is 0.665. The Kier molecular flexibility index (Phi) is 7.67. The molecular weight excluding hydrogens is 264 g/mol. The summed E-state index contributed by atoms with van der Waals surface area (Å²) < 4.78 is 4.77. The fourth-order valence-corrected chi connectivity index (χ4v) is 3.15. The molecule has 0 amide bonds. The van der Waals surface area contributed by atoms with E-state index in [-0.39, 0.29) is 5.97 Å². The van der Waals surface area contributed by atoms with Crippen LogP contribution in [-0.4, -0.2) is 42.6 Å². The summed E-state index contributed by atoms with van der Waals surface area (Å²) in [5.74, 6) is 0.431. The van der Waals surface area contributed by atoms with Crippen molar-refractivity contribution in [3.63, 3.8) is 0 Å². The van der Waals surface area contributed by atoms with Gasteiger partial charge in [-0.15, -0.1) is 0 Å². The van der Waals surface area contributed by atoms with E-state index in [4.69, 9.17) is 10.5 Å². The summed E-state index contributed by atoms with van der Waals surface area (Å²) in [6.45, 7) is 8.54. The van der Waals surface area contributed by atoms with E-state index in [0.29, 0.717) is 6.42 Å². The summed E-state index contributed by atoms with van der Waals surface area (Å²) in [5, 5.41) is 0. The fourth-order valence-electron chi connectivity index (χ4n) is 3.15. The zero-order chi connectivity index (χ0) is 15.9. The van der Waals surface area contributed by atoms with Crippen molar-refractivity contribution in [3.05, 3.63) is 0 Å². The van der Waals surface area contributed by atoms with Crippen LogP contribution in [-0.2, 0) is 9.53 Å². The molecule has 1 unspecified atom stereocenters. The van der Waals surface area contributed by atoms with Crippen LogP contribution in [0, 0.1) is 5.92 Å². The predicted molar refractivity (Wildman–Crippen MR) is 87.1 cm³/mol. The van der Waals surface area contributed by atoms with Crippen molar-refractivity contribution in [1.82, 2.24) is 4.90 Å². The average molecular weight is 298 g/mol. The second-order valence-electron chi connectivity index (χ2n) is 7.17. The SMILES string of the molecule is COC(=O)C(C)(N)CCCN(CCC(C)C)C1CCCC1. The number of hydrogen-bond acceptors (Lipinski definition) is 4. The van der Waals surface area contributed by atoms with E-state index in [9.17, 15) is 4.79 Å². The van der Waals surface area contributed by atoms with E-state index in [1.54, 1.807) is 6.92 Å². The summed E-state index contributed by atoms with van der Waals surface area (Å²) in [4.78, 5) is 14.2. The number of carbonyl (C=O) groups is 1. The molecule has 1 fully saturated rings. The van der Waals surface area contributed by atoms with E-state index >= 15 is 0 Å². The highest BCUT2D eigenvalue weighted by atomic mass is 16.5. The lowest BCUT2D eigenvalue weighted by atomic mass is 9.97. The van der Waals surface area contributed by atoms with Gasteiger partial charge in [-0.2, -0.15) is 0 Å². The van der Waals surface area contributed by atoms with Gasteiger partial charge in [0.2, 0.25) is 0 Å². The van der Waals surface area contributed by atoms with Crippen LogP contribution in [0.4, 0.5) is 0 Å². The molecule has 0 spiro atoms. The minimum Gasteiger partial charge on any atom is -0.468 e. The van der Waals surface area contributed by atoms with Gasteiger partial charge >= 0.3 is 5.97 Å². The average Bonchev–Trinajstić information content (AvgIpc) is 2.95. The minimum absolute atomic E-state index is 0.308. The van der Waals surface area contributed by atoms with Crippen LogP contribution >= 0.6 is 0 Å².